The average molecular weight is 285 g/mol. The first-order chi connectivity index (χ1) is 9.54. The molecule has 1 N–H and O–H groups in total. The number of ether oxygens (including phenoxy) is 1. The van der Waals surface area contributed by atoms with Gasteiger partial charge in [0.15, 0.2) is 0 Å². The maximum atomic E-state index is 12.2. The zero-order chi connectivity index (χ0) is 14.5. The summed E-state index contributed by atoms with van der Waals surface area (Å²) in [5.41, 5.74) is 0.959. The fourth-order valence-corrected chi connectivity index (χ4v) is 2.82. The maximum absolute atomic E-state index is 12.2. The molecule has 3 nitrogen and oxygen atoms in total. The quantitative estimate of drug-likeness (QED) is 0.872. The van der Waals surface area contributed by atoms with Crippen molar-refractivity contribution in [1.29, 1.82) is 0 Å². The number of hydrogen-bond acceptors (Lipinski definition) is 3. The van der Waals surface area contributed by atoms with Gasteiger partial charge in [-0.25, -0.2) is 0 Å². The van der Waals surface area contributed by atoms with E-state index >= 15 is 0 Å². The van der Waals surface area contributed by atoms with Crippen LogP contribution in [0.2, 0.25) is 0 Å². The van der Waals surface area contributed by atoms with E-state index in [1.165, 1.54) is 6.07 Å². The molecule has 2 unspecified atom stereocenters. The summed E-state index contributed by atoms with van der Waals surface area (Å²) in [5, 5.41) is 9.51. The lowest BCUT2D eigenvalue weighted by Gasteiger charge is -2.25. The van der Waals surface area contributed by atoms with Gasteiger partial charge < -0.3 is 9.84 Å². The number of nitrogens with zero attached hydrogens (tertiary/aromatic N) is 1. The van der Waals surface area contributed by atoms with E-state index in [1.54, 1.807) is 19.1 Å². The summed E-state index contributed by atoms with van der Waals surface area (Å²) in [6, 6.07) is 7.20. The van der Waals surface area contributed by atoms with Gasteiger partial charge in [0.1, 0.15) is 5.75 Å². The zero-order valence-corrected chi connectivity index (χ0v) is 11.6. The summed E-state index contributed by atoms with van der Waals surface area (Å²) in [5.74, 6) is 0.198. The van der Waals surface area contributed by atoms with E-state index in [4.69, 9.17) is 0 Å². The van der Waals surface area contributed by atoms with Crippen LogP contribution in [0.3, 0.4) is 0 Å². The molecule has 112 valence electrons. The molecule has 0 saturated carbocycles. The summed E-state index contributed by atoms with van der Waals surface area (Å²) in [7, 11) is 0. The van der Waals surface area contributed by atoms with Crippen molar-refractivity contribution in [2.45, 2.75) is 51.5 Å². The fraction of sp³-hybridized carbons (Fsp3) is 0.600. The normalized spacial score (nSPS) is 21.4. The topological polar surface area (TPSA) is 32.7 Å². The Kier molecular flexibility index (Phi) is 5.31. The van der Waals surface area contributed by atoms with Crippen molar-refractivity contribution in [1.82, 2.24) is 4.90 Å². The SMILES string of the molecule is CC(O)CC1CCCN1Cc1cccc(OC(F)F)c1. The van der Waals surface area contributed by atoms with Gasteiger partial charge in [0.25, 0.3) is 0 Å². The van der Waals surface area contributed by atoms with E-state index in [1.807, 2.05) is 6.07 Å². The molecular formula is C15H21F2NO2. The standard InChI is InChI=1S/C15H21F2NO2/c1-11(19)8-13-5-3-7-18(13)10-12-4-2-6-14(9-12)20-15(16)17/h2,4,6,9,11,13,15,19H,3,5,7-8,10H2,1H3. The maximum Gasteiger partial charge on any atom is 0.387 e. The van der Waals surface area contributed by atoms with Gasteiger partial charge in [0.05, 0.1) is 6.10 Å². The summed E-state index contributed by atoms with van der Waals surface area (Å²) in [4.78, 5) is 2.30. The second kappa shape index (κ2) is 6.99. The van der Waals surface area contributed by atoms with E-state index in [-0.39, 0.29) is 11.9 Å². The Morgan fingerprint density at radius 3 is 2.95 bits per heavy atom. The third kappa shape index (κ3) is 4.42. The van der Waals surface area contributed by atoms with Gasteiger partial charge in [-0.2, -0.15) is 8.78 Å². The molecular weight excluding hydrogens is 264 g/mol. The highest BCUT2D eigenvalue weighted by atomic mass is 19.3. The van der Waals surface area contributed by atoms with E-state index in [0.29, 0.717) is 12.6 Å². The lowest BCUT2D eigenvalue weighted by molar-refractivity contribution is -0.0499. The molecule has 1 aliphatic heterocycles. The number of benzene rings is 1. The Bertz CT molecular complexity index is 426. The van der Waals surface area contributed by atoms with E-state index < -0.39 is 6.61 Å². The van der Waals surface area contributed by atoms with E-state index in [9.17, 15) is 13.9 Å². The molecule has 1 heterocycles. The van der Waals surface area contributed by atoms with Crippen molar-refractivity contribution in [3.05, 3.63) is 29.8 Å². The first kappa shape index (κ1) is 15.2. The van der Waals surface area contributed by atoms with Crippen LogP contribution in [0.5, 0.6) is 5.75 Å². The number of alkyl halides is 2. The van der Waals surface area contributed by atoms with Crippen LogP contribution in [0, 0.1) is 0 Å². The largest absolute Gasteiger partial charge is 0.435 e. The number of likely N-dealkylation sites (tertiary alicyclic amines) is 1. The van der Waals surface area contributed by atoms with Crippen molar-refractivity contribution in [2.24, 2.45) is 0 Å². The molecule has 0 spiro atoms. The lowest BCUT2D eigenvalue weighted by Crippen LogP contribution is -2.31. The van der Waals surface area contributed by atoms with Crippen LogP contribution in [-0.2, 0) is 6.54 Å². The number of hydrogen-bond donors (Lipinski definition) is 1. The molecule has 0 radical (unpaired) electrons. The molecule has 0 bridgehead atoms. The minimum Gasteiger partial charge on any atom is -0.435 e. The second-order valence-corrected chi connectivity index (χ2v) is 5.38. The molecule has 1 aromatic rings. The van der Waals surface area contributed by atoms with Crippen LogP contribution in [0.15, 0.2) is 24.3 Å². The van der Waals surface area contributed by atoms with Crippen molar-refractivity contribution in [2.75, 3.05) is 6.54 Å². The van der Waals surface area contributed by atoms with Gasteiger partial charge in [-0.05, 0) is 50.4 Å². The van der Waals surface area contributed by atoms with Crippen molar-refractivity contribution in [3.8, 4) is 5.75 Å². The molecule has 0 amide bonds. The van der Waals surface area contributed by atoms with Crippen LogP contribution in [-0.4, -0.2) is 35.3 Å². The summed E-state index contributed by atoms with van der Waals surface area (Å²) >= 11 is 0. The highest BCUT2D eigenvalue weighted by Crippen LogP contribution is 2.25. The summed E-state index contributed by atoms with van der Waals surface area (Å²) in [6.07, 6.45) is 2.64. The molecule has 20 heavy (non-hydrogen) atoms. The van der Waals surface area contributed by atoms with Gasteiger partial charge in [-0.15, -0.1) is 0 Å². The third-order valence-electron chi connectivity index (χ3n) is 3.62. The third-order valence-corrected chi connectivity index (χ3v) is 3.62. The number of halogens is 2. The molecule has 0 aliphatic carbocycles. The highest BCUT2D eigenvalue weighted by Gasteiger charge is 2.25. The Morgan fingerprint density at radius 1 is 1.45 bits per heavy atom. The zero-order valence-electron chi connectivity index (χ0n) is 11.6. The highest BCUT2D eigenvalue weighted by molar-refractivity contribution is 5.28. The molecule has 1 aromatic carbocycles. The Balaban J connectivity index is 1.98. The van der Waals surface area contributed by atoms with Crippen LogP contribution < -0.4 is 4.74 Å². The first-order valence-electron chi connectivity index (χ1n) is 7.00. The molecule has 2 atom stereocenters. The molecule has 5 heteroatoms. The summed E-state index contributed by atoms with van der Waals surface area (Å²) < 4.78 is 28.8. The van der Waals surface area contributed by atoms with Gasteiger partial charge in [0.2, 0.25) is 0 Å². The number of rotatable bonds is 6. The van der Waals surface area contributed by atoms with Crippen molar-refractivity contribution < 1.29 is 18.6 Å². The second-order valence-electron chi connectivity index (χ2n) is 5.38. The van der Waals surface area contributed by atoms with Crippen LogP contribution in [0.1, 0.15) is 31.7 Å². The van der Waals surface area contributed by atoms with Crippen LogP contribution in [0.4, 0.5) is 8.78 Å². The smallest absolute Gasteiger partial charge is 0.387 e. The molecule has 1 saturated heterocycles. The first-order valence-corrected chi connectivity index (χ1v) is 7.00. The van der Waals surface area contributed by atoms with Gasteiger partial charge in [-0.3, -0.25) is 4.90 Å². The van der Waals surface area contributed by atoms with Crippen molar-refractivity contribution in [3.63, 3.8) is 0 Å². The lowest BCUT2D eigenvalue weighted by atomic mass is 10.1. The predicted molar refractivity (Wildman–Crippen MR) is 72.8 cm³/mol. The van der Waals surface area contributed by atoms with E-state index in [2.05, 4.69) is 9.64 Å². The Labute approximate surface area is 118 Å². The monoisotopic (exact) mass is 285 g/mol. The van der Waals surface area contributed by atoms with Gasteiger partial charge >= 0.3 is 6.61 Å². The Morgan fingerprint density at radius 2 is 2.25 bits per heavy atom. The Hall–Kier alpha value is -1.20. The minimum atomic E-state index is -2.79. The predicted octanol–water partition coefficient (Wildman–Crippen LogP) is 3.02. The summed E-state index contributed by atoms with van der Waals surface area (Å²) in [6.45, 7) is 0.697. The molecule has 1 fully saturated rings. The molecule has 0 aromatic heterocycles. The molecule has 1 aliphatic rings. The average Bonchev–Trinajstić information content (AvgIpc) is 2.75. The van der Waals surface area contributed by atoms with Crippen LogP contribution >= 0.6 is 0 Å². The van der Waals surface area contributed by atoms with Gasteiger partial charge in [0, 0.05) is 12.6 Å². The molecule has 2 rings (SSSR count). The number of aliphatic hydroxyl groups is 1. The van der Waals surface area contributed by atoms with E-state index in [0.717, 1.165) is 31.4 Å². The van der Waals surface area contributed by atoms with Crippen molar-refractivity contribution >= 4 is 0 Å². The van der Waals surface area contributed by atoms with Crippen LogP contribution in [0.25, 0.3) is 0 Å². The minimum absolute atomic E-state index is 0.198. The fourth-order valence-electron chi connectivity index (χ4n) is 2.82. The van der Waals surface area contributed by atoms with Gasteiger partial charge in [-0.1, -0.05) is 12.1 Å². The number of aliphatic hydroxyl groups excluding tert-OH is 1.